The van der Waals surface area contributed by atoms with Gasteiger partial charge in [0.1, 0.15) is 0 Å². The Kier molecular flexibility index (Phi) is 2.37. The Hall–Kier alpha value is -2.23. The number of fused-ring (bicyclic) bond motifs is 2. The summed E-state index contributed by atoms with van der Waals surface area (Å²) in [6, 6.07) is 10.00. The van der Waals surface area contributed by atoms with Crippen LogP contribution in [0.25, 0.3) is 10.8 Å². The number of nitrogen functional groups attached to an aromatic ring is 1. The zero-order valence-electron chi connectivity index (χ0n) is 9.89. The van der Waals surface area contributed by atoms with Gasteiger partial charge in [0.15, 0.2) is 0 Å². The summed E-state index contributed by atoms with van der Waals surface area (Å²) in [5, 5.41) is 11.2. The fourth-order valence-electron chi connectivity index (χ4n) is 2.61. The molecule has 0 aromatic heterocycles. The zero-order chi connectivity index (χ0) is 12.7. The average Bonchev–Trinajstić information content (AvgIpc) is 2.38. The Morgan fingerprint density at radius 1 is 1.33 bits per heavy atom. The molecule has 18 heavy (non-hydrogen) atoms. The number of rotatable bonds is 0. The number of carboxylic acid groups (broad SMARTS) is 1. The van der Waals surface area contributed by atoms with Crippen molar-refractivity contribution in [2.24, 2.45) is 0 Å². The van der Waals surface area contributed by atoms with Crippen molar-refractivity contribution in [2.45, 2.75) is 13.0 Å². The third-order valence-electron chi connectivity index (χ3n) is 3.56. The summed E-state index contributed by atoms with van der Waals surface area (Å²) in [4.78, 5) is 12.4. The van der Waals surface area contributed by atoms with E-state index in [1.165, 1.54) is 4.90 Å². The van der Waals surface area contributed by atoms with Crippen molar-refractivity contribution in [3.63, 3.8) is 0 Å². The Morgan fingerprint density at radius 2 is 2.11 bits per heavy atom. The quantitative estimate of drug-likeness (QED) is 0.697. The summed E-state index contributed by atoms with van der Waals surface area (Å²) in [5.41, 5.74) is 9.13. The second kappa shape index (κ2) is 3.91. The fraction of sp³-hybridized carbons (Fsp3) is 0.214. The predicted octanol–water partition coefficient (Wildman–Crippen LogP) is 2.46. The maximum absolute atomic E-state index is 11.0. The summed E-state index contributed by atoms with van der Waals surface area (Å²) in [5.74, 6) is 0. The van der Waals surface area contributed by atoms with Crippen molar-refractivity contribution >= 4 is 22.6 Å². The SMILES string of the molecule is Nc1c2c(cc3ccccc13)CN(C(=O)O)CC2. The second-order valence-corrected chi connectivity index (χ2v) is 4.60. The molecule has 0 saturated carbocycles. The molecule has 1 amide bonds. The van der Waals surface area contributed by atoms with E-state index in [0.29, 0.717) is 19.5 Å². The van der Waals surface area contributed by atoms with Crippen LogP contribution >= 0.6 is 0 Å². The number of nitrogens with two attached hydrogens (primary N) is 1. The van der Waals surface area contributed by atoms with E-state index in [9.17, 15) is 4.79 Å². The molecule has 1 heterocycles. The van der Waals surface area contributed by atoms with E-state index in [2.05, 4.69) is 6.07 Å². The molecule has 3 rings (SSSR count). The van der Waals surface area contributed by atoms with Gasteiger partial charge in [-0.2, -0.15) is 0 Å². The second-order valence-electron chi connectivity index (χ2n) is 4.60. The number of hydrogen-bond acceptors (Lipinski definition) is 2. The Balaban J connectivity index is 2.16. The number of nitrogens with zero attached hydrogens (tertiary/aromatic N) is 1. The van der Waals surface area contributed by atoms with Crippen LogP contribution < -0.4 is 5.73 Å². The van der Waals surface area contributed by atoms with Crippen LogP contribution in [-0.4, -0.2) is 22.6 Å². The Labute approximate surface area is 105 Å². The molecule has 4 heteroatoms. The van der Waals surface area contributed by atoms with Gasteiger partial charge in [0.2, 0.25) is 0 Å². The van der Waals surface area contributed by atoms with Gasteiger partial charge >= 0.3 is 6.09 Å². The van der Waals surface area contributed by atoms with Crippen molar-refractivity contribution in [2.75, 3.05) is 12.3 Å². The van der Waals surface area contributed by atoms with Crippen molar-refractivity contribution in [3.05, 3.63) is 41.5 Å². The van der Waals surface area contributed by atoms with Crippen LogP contribution in [-0.2, 0) is 13.0 Å². The number of carbonyl (C=O) groups is 1. The van der Waals surface area contributed by atoms with Gasteiger partial charge in [-0.25, -0.2) is 4.79 Å². The first-order valence-corrected chi connectivity index (χ1v) is 5.93. The van der Waals surface area contributed by atoms with E-state index >= 15 is 0 Å². The largest absolute Gasteiger partial charge is 0.465 e. The molecule has 1 aliphatic rings. The van der Waals surface area contributed by atoms with E-state index in [0.717, 1.165) is 27.6 Å². The lowest BCUT2D eigenvalue weighted by molar-refractivity contribution is 0.140. The van der Waals surface area contributed by atoms with Gasteiger partial charge < -0.3 is 15.7 Å². The molecule has 0 fully saturated rings. The summed E-state index contributed by atoms with van der Waals surface area (Å²) >= 11 is 0. The maximum atomic E-state index is 11.0. The molecular weight excluding hydrogens is 228 g/mol. The first kappa shape index (κ1) is 10.9. The highest BCUT2D eigenvalue weighted by atomic mass is 16.4. The molecule has 1 aliphatic heterocycles. The van der Waals surface area contributed by atoms with E-state index in [1.807, 2.05) is 24.3 Å². The molecular formula is C14H14N2O2. The standard InChI is InChI=1S/C14H14N2O2/c15-13-11-4-2-1-3-9(11)7-10-8-16(14(17)18)6-5-12(10)13/h1-4,7H,5-6,8,15H2,(H,17,18). The number of hydrogen-bond donors (Lipinski definition) is 2. The topological polar surface area (TPSA) is 66.6 Å². The first-order valence-electron chi connectivity index (χ1n) is 5.93. The number of anilines is 1. The van der Waals surface area contributed by atoms with Crippen LogP contribution in [0, 0.1) is 0 Å². The van der Waals surface area contributed by atoms with Crippen molar-refractivity contribution < 1.29 is 9.90 Å². The smallest absolute Gasteiger partial charge is 0.407 e. The molecule has 0 atom stereocenters. The van der Waals surface area contributed by atoms with Crippen molar-refractivity contribution in [3.8, 4) is 0 Å². The first-order chi connectivity index (χ1) is 8.66. The van der Waals surface area contributed by atoms with Gasteiger partial charge in [-0.05, 0) is 29.0 Å². The molecule has 0 bridgehead atoms. The van der Waals surface area contributed by atoms with Crippen LogP contribution in [0.4, 0.5) is 10.5 Å². The summed E-state index contributed by atoms with van der Waals surface area (Å²) in [6.45, 7) is 0.949. The van der Waals surface area contributed by atoms with Gasteiger partial charge in [-0.15, -0.1) is 0 Å². The van der Waals surface area contributed by atoms with Gasteiger partial charge in [-0.1, -0.05) is 24.3 Å². The average molecular weight is 242 g/mol. The lowest BCUT2D eigenvalue weighted by atomic mass is 9.93. The van der Waals surface area contributed by atoms with Gasteiger partial charge in [0, 0.05) is 24.2 Å². The monoisotopic (exact) mass is 242 g/mol. The molecule has 2 aromatic rings. The highest BCUT2D eigenvalue weighted by Gasteiger charge is 2.22. The summed E-state index contributed by atoms with van der Waals surface area (Å²) in [7, 11) is 0. The zero-order valence-corrected chi connectivity index (χ0v) is 9.89. The lowest BCUT2D eigenvalue weighted by Crippen LogP contribution is -2.35. The normalized spacial score (nSPS) is 14.6. The minimum absolute atomic E-state index is 0.430. The molecule has 3 N–H and O–H groups in total. The lowest BCUT2D eigenvalue weighted by Gasteiger charge is -2.28. The summed E-state index contributed by atoms with van der Waals surface area (Å²) < 4.78 is 0. The van der Waals surface area contributed by atoms with Crippen molar-refractivity contribution in [1.82, 2.24) is 4.90 Å². The van der Waals surface area contributed by atoms with Crippen LogP contribution in [0.1, 0.15) is 11.1 Å². The molecule has 4 nitrogen and oxygen atoms in total. The molecule has 92 valence electrons. The number of amides is 1. The van der Waals surface area contributed by atoms with E-state index in [4.69, 9.17) is 10.8 Å². The minimum Gasteiger partial charge on any atom is -0.465 e. The molecule has 0 spiro atoms. The van der Waals surface area contributed by atoms with Gasteiger partial charge in [-0.3, -0.25) is 0 Å². The van der Waals surface area contributed by atoms with Gasteiger partial charge in [0.25, 0.3) is 0 Å². The highest BCUT2D eigenvalue weighted by molar-refractivity contribution is 5.95. The fourth-order valence-corrected chi connectivity index (χ4v) is 2.61. The van der Waals surface area contributed by atoms with E-state index < -0.39 is 6.09 Å². The maximum Gasteiger partial charge on any atom is 0.407 e. The van der Waals surface area contributed by atoms with E-state index in [-0.39, 0.29) is 0 Å². The highest BCUT2D eigenvalue weighted by Crippen LogP contribution is 2.31. The third kappa shape index (κ3) is 1.57. The minimum atomic E-state index is -0.868. The molecule has 0 aliphatic carbocycles. The van der Waals surface area contributed by atoms with Crippen LogP contribution in [0.3, 0.4) is 0 Å². The third-order valence-corrected chi connectivity index (χ3v) is 3.56. The van der Waals surface area contributed by atoms with Crippen LogP contribution in [0.5, 0.6) is 0 Å². The predicted molar refractivity (Wildman–Crippen MR) is 70.5 cm³/mol. The van der Waals surface area contributed by atoms with Crippen LogP contribution in [0.2, 0.25) is 0 Å². The Bertz CT molecular complexity index is 637. The Morgan fingerprint density at radius 3 is 2.89 bits per heavy atom. The molecule has 0 unspecified atom stereocenters. The molecule has 0 radical (unpaired) electrons. The van der Waals surface area contributed by atoms with Crippen molar-refractivity contribution in [1.29, 1.82) is 0 Å². The number of benzene rings is 2. The van der Waals surface area contributed by atoms with Crippen LogP contribution in [0.15, 0.2) is 30.3 Å². The summed E-state index contributed by atoms with van der Waals surface area (Å²) in [6.07, 6.45) is -0.175. The molecule has 0 saturated heterocycles. The van der Waals surface area contributed by atoms with E-state index in [1.54, 1.807) is 0 Å². The molecule has 2 aromatic carbocycles. The van der Waals surface area contributed by atoms with Gasteiger partial charge in [0.05, 0.1) is 0 Å².